The molecule has 1 aromatic carbocycles. The van der Waals surface area contributed by atoms with E-state index in [0.717, 1.165) is 12.0 Å². The Labute approximate surface area is 105 Å². The molecular formula is C15H24O2. The summed E-state index contributed by atoms with van der Waals surface area (Å²) in [6.45, 7) is 6.57. The Bertz CT molecular complexity index is 329. The van der Waals surface area contributed by atoms with E-state index in [0.29, 0.717) is 13.0 Å². The lowest BCUT2D eigenvalue weighted by Gasteiger charge is -2.31. The fourth-order valence-electron chi connectivity index (χ4n) is 1.92. The molecule has 0 radical (unpaired) electrons. The molecule has 0 saturated carbocycles. The van der Waals surface area contributed by atoms with Crippen molar-refractivity contribution < 1.29 is 9.84 Å². The predicted molar refractivity (Wildman–Crippen MR) is 71.2 cm³/mol. The van der Waals surface area contributed by atoms with Crippen LogP contribution in [0.5, 0.6) is 0 Å². The quantitative estimate of drug-likeness (QED) is 0.823. The van der Waals surface area contributed by atoms with Crippen molar-refractivity contribution in [3.05, 3.63) is 35.4 Å². The number of hydrogen-bond acceptors (Lipinski definition) is 2. The highest BCUT2D eigenvalue weighted by Crippen LogP contribution is 2.23. The zero-order valence-electron chi connectivity index (χ0n) is 11.4. The van der Waals surface area contributed by atoms with Gasteiger partial charge in [-0.1, -0.05) is 45.0 Å². The van der Waals surface area contributed by atoms with Gasteiger partial charge in [-0.3, -0.25) is 0 Å². The van der Waals surface area contributed by atoms with Crippen LogP contribution in [-0.4, -0.2) is 24.4 Å². The maximum Gasteiger partial charge on any atom is 0.0942 e. The third-order valence-corrected chi connectivity index (χ3v) is 3.41. The minimum absolute atomic E-state index is 0.174. The van der Waals surface area contributed by atoms with E-state index in [1.54, 1.807) is 7.11 Å². The summed E-state index contributed by atoms with van der Waals surface area (Å²) in [6, 6.07) is 8.45. The summed E-state index contributed by atoms with van der Waals surface area (Å²) in [6.07, 6.45) is 1.69. The SMILES string of the molecule is CCc1ccc(CC(O)(COC)C(C)C)cc1. The molecule has 0 aromatic heterocycles. The Balaban J connectivity index is 2.78. The molecule has 0 aliphatic carbocycles. The van der Waals surface area contributed by atoms with Crippen LogP contribution in [0, 0.1) is 5.92 Å². The second-order valence-corrected chi connectivity index (χ2v) is 5.04. The van der Waals surface area contributed by atoms with Crippen molar-refractivity contribution in [3.8, 4) is 0 Å². The van der Waals surface area contributed by atoms with Gasteiger partial charge < -0.3 is 9.84 Å². The molecule has 17 heavy (non-hydrogen) atoms. The molecular weight excluding hydrogens is 212 g/mol. The molecule has 2 nitrogen and oxygen atoms in total. The summed E-state index contributed by atoms with van der Waals surface area (Å²) in [5.41, 5.74) is 1.71. The van der Waals surface area contributed by atoms with Crippen LogP contribution >= 0.6 is 0 Å². The van der Waals surface area contributed by atoms with Crippen LogP contribution in [0.2, 0.25) is 0 Å². The first-order valence-electron chi connectivity index (χ1n) is 6.31. The summed E-state index contributed by atoms with van der Waals surface area (Å²) in [5, 5.41) is 10.5. The van der Waals surface area contributed by atoms with Gasteiger partial charge in [0, 0.05) is 13.5 Å². The van der Waals surface area contributed by atoms with Crippen LogP contribution in [0.25, 0.3) is 0 Å². The molecule has 0 fully saturated rings. The molecule has 1 unspecified atom stereocenters. The van der Waals surface area contributed by atoms with Crippen LogP contribution in [0.4, 0.5) is 0 Å². The number of ether oxygens (including phenoxy) is 1. The Kier molecular flexibility index (Phi) is 5.16. The van der Waals surface area contributed by atoms with Crippen LogP contribution in [-0.2, 0) is 17.6 Å². The van der Waals surface area contributed by atoms with E-state index < -0.39 is 5.60 Å². The highest BCUT2D eigenvalue weighted by atomic mass is 16.5. The predicted octanol–water partition coefficient (Wildman–Crippen LogP) is 2.83. The van der Waals surface area contributed by atoms with Crippen molar-refractivity contribution in [3.63, 3.8) is 0 Å². The van der Waals surface area contributed by atoms with Crippen molar-refractivity contribution in [2.75, 3.05) is 13.7 Å². The summed E-state index contributed by atoms with van der Waals surface area (Å²) < 4.78 is 5.14. The average molecular weight is 236 g/mol. The number of rotatable bonds is 6. The van der Waals surface area contributed by atoms with Crippen molar-refractivity contribution >= 4 is 0 Å². The second-order valence-electron chi connectivity index (χ2n) is 5.04. The molecule has 0 heterocycles. The van der Waals surface area contributed by atoms with Gasteiger partial charge in [-0.2, -0.15) is 0 Å². The normalized spacial score (nSPS) is 14.9. The lowest BCUT2D eigenvalue weighted by Crippen LogP contribution is -2.42. The van der Waals surface area contributed by atoms with E-state index >= 15 is 0 Å². The van der Waals surface area contributed by atoms with Crippen LogP contribution in [0.3, 0.4) is 0 Å². The molecule has 0 aliphatic rings. The molecule has 1 atom stereocenters. The zero-order chi connectivity index (χ0) is 12.9. The van der Waals surface area contributed by atoms with E-state index in [-0.39, 0.29) is 5.92 Å². The highest BCUT2D eigenvalue weighted by molar-refractivity contribution is 5.24. The smallest absolute Gasteiger partial charge is 0.0942 e. The number of benzene rings is 1. The monoisotopic (exact) mass is 236 g/mol. The van der Waals surface area contributed by atoms with Crippen LogP contribution < -0.4 is 0 Å². The van der Waals surface area contributed by atoms with Gasteiger partial charge in [0.1, 0.15) is 0 Å². The first kappa shape index (κ1) is 14.2. The Morgan fingerprint density at radius 3 is 2.12 bits per heavy atom. The standard InChI is InChI=1S/C15H24O2/c1-5-13-6-8-14(9-7-13)10-15(16,11-17-4)12(2)3/h6-9,12,16H,5,10-11H2,1-4H3. The van der Waals surface area contributed by atoms with Gasteiger partial charge >= 0.3 is 0 Å². The molecule has 0 bridgehead atoms. The number of aliphatic hydroxyl groups is 1. The lowest BCUT2D eigenvalue weighted by atomic mass is 9.85. The first-order chi connectivity index (χ1) is 8.01. The number of hydrogen-bond donors (Lipinski definition) is 1. The lowest BCUT2D eigenvalue weighted by molar-refractivity contribution is -0.0637. The van der Waals surface area contributed by atoms with Crippen LogP contribution in [0.1, 0.15) is 31.9 Å². The van der Waals surface area contributed by atoms with Gasteiger partial charge in [-0.25, -0.2) is 0 Å². The van der Waals surface area contributed by atoms with Gasteiger partial charge in [-0.05, 0) is 23.5 Å². The summed E-state index contributed by atoms with van der Waals surface area (Å²) >= 11 is 0. The summed E-state index contributed by atoms with van der Waals surface area (Å²) in [5.74, 6) is 0.174. The summed E-state index contributed by atoms with van der Waals surface area (Å²) in [7, 11) is 1.63. The van der Waals surface area contributed by atoms with Crippen molar-refractivity contribution in [1.82, 2.24) is 0 Å². The van der Waals surface area contributed by atoms with Crippen molar-refractivity contribution in [2.24, 2.45) is 5.92 Å². The van der Waals surface area contributed by atoms with E-state index in [1.165, 1.54) is 5.56 Å². The van der Waals surface area contributed by atoms with Crippen molar-refractivity contribution in [1.29, 1.82) is 0 Å². The Morgan fingerprint density at radius 2 is 1.71 bits per heavy atom. The van der Waals surface area contributed by atoms with Crippen LogP contribution in [0.15, 0.2) is 24.3 Å². The maximum absolute atomic E-state index is 10.5. The molecule has 0 spiro atoms. The molecule has 0 amide bonds. The highest BCUT2D eigenvalue weighted by Gasteiger charge is 2.31. The van der Waals surface area contributed by atoms with Gasteiger partial charge in [0.25, 0.3) is 0 Å². The fourth-order valence-corrected chi connectivity index (χ4v) is 1.92. The molecule has 2 heteroatoms. The van der Waals surface area contributed by atoms with Crippen molar-refractivity contribution in [2.45, 2.75) is 39.2 Å². The minimum atomic E-state index is -0.775. The number of aryl methyl sites for hydroxylation is 1. The molecule has 1 aromatic rings. The van der Waals surface area contributed by atoms with E-state index in [9.17, 15) is 5.11 Å². The van der Waals surface area contributed by atoms with Gasteiger partial charge in [0.05, 0.1) is 12.2 Å². The van der Waals surface area contributed by atoms with E-state index in [1.807, 2.05) is 13.8 Å². The third kappa shape index (κ3) is 3.83. The van der Waals surface area contributed by atoms with Gasteiger partial charge in [0.2, 0.25) is 0 Å². The number of methoxy groups -OCH3 is 1. The van der Waals surface area contributed by atoms with E-state index in [2.05, 4.69) is 31.2 Å². The average Bonchev–Trinajstić information content (AvgIpc) is 2.30. The zero-order valence-corrected chi connectivity index (χ0v) is 11.4. The largest absolute Gasteiger partial charge is 0.387 e. The third-order valence-electron chi connectivity index (χ3n) is 3.41. The fraction of sp³-hybridized carbons (Fsp3) is 0.600. The second kappa shape index (κ2) is 6.18. The van der Waals surface area contributed by atoms with Gasteiger partial charge in [0.15, 0.2) is 0 Å². The van der Waals surface area contributed by atoms with Gasteiger partial charge in [-0.15, -0.1) is 0 Å². The summed E-state index contributed by atoms with van der Waals surface area (Å²) in [4.78, 5) is 0. The Morgan fingerprint density at radius 1 is 1.18 bits per heavy atom. The molecule has 0 aliphatic heterocycles. The molecule has 0 saturated heterocycles. The first-order valence-corrected chi connectivity index (χ1v) is 6.31. The molecule has 1 N–H and O–H groups in total. The Hall–Kier alpha value is -0.860. The minimum Gasteiger partial charge on any atom is -0.387 e. The maximum atomic E-state index is 10.5. The van der Waals surface area contributed by atoms with E-state index in [4.69, 9.17) is 4.74 Å². The topological polar surface area (TPSA) is 29.5 Å². The molecule has 96 valence electrons. The molecule has 1 rings (SSSR count).